The molecule has 0 bridgehead atoms. The van der Waals surface area contributed by atoms with Gasteiger partial charge in [0.2, 0.25) is 15.9 Å². The third-order valence-corrected chi connectivity index (χ3v) is 7.93. The molecule has 1 N–H and O–H groups in total. The molecular formula is C23H30N4O4S. The maximum atomic E-state index is 13.0. The number of piperazine rings is 1. The van der Waals surface area contributed by atoms with Crippen molar-refractivity contribution in [1.82, 2.24) is 19.5 Å². The number of nitrogens with zero attached hydrogens (tertiary/aromatic N) is 3. The van der Waals surface area contributed by atoms with Crippen molar-refractivity contribution in [3.8, 4) is 5.88 Å². The van der Waals surface area contributed by atoms with E-state index < -0.39 is 10.0 Å². The Hall–Kier alpha value is -2.49. The summed E-state index contributed by atoms with van der Waals surface area (Å²) in [5.74, 6) is 0.249. The Kier molecular flexibility index (Phi) is 7.07. The molecule has 0 unspecified atom stereocenters. The predicted molar refractivity (Wildman–Crippen MR) is 121 cm³/mol. The minimum atomic E-state index is -3.62. The first-order valence-corrected chi connectivity index (χ1v) is 12.5. The second-order valence-electron chi connectivity index (χ2n) is 8.44. The Bertz CT molecular complexity index is 1050. The van der Waals surface area contributed by atoms with Gasteiger partial charge in [-0.05, 0) is 62.6 Å². The van der Waals surface area contributed by atoms with Gasteiger partial charge in [0.25, 0.3) is 5.91 Å². The quantitative estimate of drug-likeness (QED) is 0.684. The predicted octanol–water partition coefficient (Wildman–Crippen LogP) is 2.27. The fourth-order valence-electron chi connectivity index (χ4n) is 4.06. The molecule has 4 rings (SSSR count). The Morgan fingerprint density at radius 1 is 1.12 bits per heavy atom. The molecular weight excluding hydrogens is 428 g/mol. The van der Waals surface area contributed by atoms with Gasteiger partial charge < -0.3 is 15.0 Å². The van der Waals surface area contributed by atoms with Crippen LogP contribution in [0, 0.1) is 0 Å². The zero-order valence-electron chi connectivity index (χ0n) is 18.4. The molecule has 2 fully saturated rings. The number of benzene rings is 1. The van der Waals surface area contributed by atoms with Gasteiger partial charge in [0.05, 0.1) is 4.90 Å². The number of aromatic nitrogens is 1. The lowest BCUT2D eigenvalue weighted by Gasteiger charge is -2.31. The lowest BCUT2D eigenvalue weighted by molar-refractivity contribution is 0.0950. The molecule has 32 heavy (non-hydrogen) atoms. The van der Waals surface area contributed by atoms with E-state index in [4.69, 9.17) is 4.74 Å². The summed E-state index contributed by atoms with van der Waals surface area (Å²) in [6.45, 7) is 2.58. The molecule has 1 saturated heterocycles. The van der Waals surface area contributed by atoms with Gasteiger partial charge in [-0.15, -0.1) is 0 Å². The highest BCUT2D eigenvalue weighted by atomic mass is 32.2. The fourth-order valence-corrected chi connectivity index (χ4v) is 5.53. The van der Waals surface area contributed by atoms with Gasteiger partial charge in [0.15, 0.2) is 0 Å². The summed E-state index contributed by atoms with van der Waals surface area (Å²) in [7, 11) is -1.65. The monoisotopic (exact) mass is 458 g/mol. The number of hydrogen-bond donors (Lipinski definition) is 1. The van der Waals surface area contributed by atoms with Crippen molar-refractivity contribution < 1.29 is 17.9 Å². The van der Waals surface area contributed by atoms with E-state index in [1.807, 2.05) is 19.2 Å². The van der Waals surface area contributed by atoms with E-state index >= 15 is 0 Å². The highest BCUT2D eigenvalue weighted by Crippen LogP contribution is 2.23. The van der Waals surface area contributed by atoms with Crippen molar-refractivity contribution in [2.24, 2.45) is 0 Å². The minimum Gasteiger partial charge on any atom is -0.474 e. The molecule has 1 aromatic carbocycles. The normalized spacial score (nSPS) is 18.5. The highest BCUT2D eigenvalue weighted by Gasteiger charge is 2.28. The molecule has 1 aliphatic carbocycles. The second kappa shape index (κ2) is 9.97. The molecule has 2 aliphatic rings. The number of nitrogens with one attached hydrogen (secondary N) is 1. The van der Waals surface area contributed by atoms with Gasteiger partial charge in [-0.2, -0.15) is 4.31 Å². The Labute approximate surface area is 189 Å². The number of amides is 1. The van der Waals surface area contributed by atoms with E-state index in [1.165, 1.54) is 23.2 Å². The van der Waals surface area contributed by atoms with Crippen molar-refractivity contribution >= 4 is 15.9 Å². The summed E-state index contributed by atoms with van der Waals surface area (Å²) in [5, 5.41) is 2.86. The van der Waals surface area contributed by atoms with Crippen LogP contribution >= 0.6 is 0 Å². The van der Waals surface area contributed by atoms with Crippen LogP contribution in [0.5, 0.6) is 5.88 Å². The largest absolute Gasteiger partial charge is 0.474 e. The fraction of sp³-hybridized carbons (Fsp3) is 0.478. The standard InChI is InChI=1S/C23H30N4O4S/c1-26-11-13-27(14-12-26)32(29,30)21-8-4-5-19(16-21)23(28)25-17-18-9-10-24-22(15-18)31-20-6-2-3-7-20/h4-5,8-10,15-16,20H,2-3,6-7,11-14,17H2,1H3,(H,25,28). The SMILES string of the molecule is CN1CCN(S(=O)(=O)c2cccc(C(=O)NCc3ccnc(OC4CCCC4)c3)c2)CC1. The summed E-state index contributed by atoms with van der Waals surface area (Å²) in [5.41, 5.74) is 1.19. The zero-order chi connectivity index (χ0) is 22.6. The van der Waals surface area contributed by atoms with E-state index in [0.29, 0.717) is 44.2 Å². The van der Waals surface area contributed by atoms with Crippen LogP contribution in [0.3, 0.4) is 0 Å². The van der Waals surface area contributed by atoms with Gasteiger partial charge in [-0.25, -0.2) is 13.4 Å². The van der Waals surface area contributed by atoms with Crippen molar-refractivity contribution in [3.63, 3.8) is 0 Å². The Balaban J connectivity index is 1.39. The lowest BCUT2D eigenvalue weighted by atomic mass is 10.2. The number of carbonyl (C=O) groups excluding carboxylic acids is 1. The van der Waals surface area contributed by atoms with Crippen LogP contribution in [-0.2, 0) is 16.6 Å². The maximum Gasteiger partial charge on any atom is 0.251 e. The number of sulfonamides is 1. The van der Waals surface area contributed by atoms with E-state index in [1.54, 1.807) is 24.4 Å². The Morgan fingerprint density at radius 3 is 2.62 bits per heavy atom. The summed E-state index contributed by atoms with van der Waals surface area (Å²) in [6, 6.07) is 9.89. The van der Waals surface area contributed by atoms with E-state index in [-0.39, 0.29) is 16.9 Å². The van der Waals surface area contributed by atoms with E-state index in [2.05, 4.69) is 15.2 Å². The van der Waals surface area contributed by atoms with Gasteiger partial charge in [-0.1, -0.05) is 6.07 Å². The lowest BCUT2D eigenvalue weighted by Crippen LogP contribution is -2.47. The van der Waals surface area contributed by atoms with Gasteiger partial charge in [0, 0.05) is 50.6 Å². The number of rotatable bonds is 7. The van der Waals surface area contributed by atoms with Crippen LogP contribution in [0.4, 0.5) is 0 Å². The van der Waals surface area contributed by atoms with Gasteiger partial charge in [0.1, 0.15) is 6.10 Å². The van der Waals surface area contributed by atoms with Crippen LogP contribution in [0.15, 0.2) is 47.5 Å². The summed E-state index contributed by atoms with van der Waals surface area (Å²) >= 11 is 0. The van der Waals surface area contributed by atoms with Crippen LogP contribution in [0.25, 0.3) is 0 Å². The number of carbonyl (C=O) groups is 1. The second-order valence-corrected chi connectivity index (χ2v) is 10.4. The molecule has 0 radical (unpaired) electrons. The molecule has 172 valence electrons. The summed E-state index contributed by atoms with van der Waals surface area (Å²) < 4.78 is 33.4. The molecule has 2 aromatic rings. The molecule has 1 aromatic heterocycles. The first-order valence-electron chi connectivity index (χ1n) is 11.1. The van der Waals surface area contributed by atoms with Crippen molar-refractivity contribution in [2.75, 3.05) is 33.2 Å². The number of pyridine rings is 1. The number of likely N-dealkylation sites (N-methyl/N-ethyl adjacent to an activating group) is 1. The van der Waals surface area contributed by atoms with Crippen LogP contribution in [0.2, 0.25) is 0 Å². The van der Waals surface area contributed by atoms with Crippen LogP contribution in [0.1, 0.15) is 41.6 Å². The molecule has 1 amide bonds. The summed E-state index contributed by atoms with van der Waals surface area (Å²) in [4.78, 5) is 19.2. The molecule has 2 heterocycles. The molecule has 1 aliphatic heterocycles. The third-order valence-electron chi connectivity index (χ3n) is 6.04. The van der Waals surface area contributed by atoms with Crippen molar-refractivity contribution in [1.29, 1.82) is 0 Å². The summed E-state index contributed by atoms with van der Waals surface area (Å²) in [6.07, 6.45) is 6.37. The van der Waals surface area contributed by atoms with E-state index in [0.717, 1.165) is 18.4 Å². The molecule has 0 spiro atoms. The number of hydrogen-bond acceptors (Lipinski definition) is 6. The first kappa shape index (κ1) is 22.7. The minimum absolute atomic E-state index is 0.144. The van der Waals surface area contributed by atoms with Gasteiger partial charge in [-0.3, -0.25) is 4.79 Å². The average molecular weight is 459 g/mol. The molecule has 8 nitrogen and oxygen atoms in total. The third kappa shape index (κ3) is 5.46. The smallest absolute Gasteiger partial charge is 0.251 e. The molecule has 0 atom stereocenters. The van der Waals surface area contributed by atoms with Crippen molar-refractivity contribution in [2.45, 2.75) is 43.2 Å². The van der Waals surface area contributed by atoms with Gasteiger partial charge >= 0.3 is 0 Å². The highest BCUT2D eigenvalue weighted by molar-refractivity contribution is 7.89. The maximum absolute atomic E-state index is 13.0. The first-order chi connectivity index (χ1) is 15.4. The van der Waals surface area contributed by atoms with Crippen LogP contribution < -0.4 is 10.1 Å². The van der Waals surface area contributed by atoms with Crippen molar-refractivity contribution in [3.05, 3.63) is 53.7 Å². The molecule has 1 saturated carbocycles. The topological polar surface area (TPSA) is 91.8 Å². The van der Waals surface area contributed by atoms with E-state index in [9.17, 15) is 13.2 Å². The number of ether oxygens (including phenoxy) is 1. The average Bonchev–Trinajstić information content (AvgIpc) is 3.31. The zero-order valence-corrected chi connectivity index (χ0v) is 19.2. The van der Waals surface area contributed by atoms with Crippen LogP contribution in [-0.4, -0.2) is 67.8 Å². The molecule has 9 heteroatoms. The Morgan fingerprint density at radius 2 is 1.88 bits per heavy atom.